The van der Waals surface area contributed by atoms with E-state index in [0.717, 1.165) is 57.5 Å². The highest BCUT2D eigenvalue weighted by Gasteiger charge is 2.25. The van der Waals surface area contributed by atoms with Crippen LogP contribution in [0, 0.1) is 0 Å². The van der Waals surface area contributed by atoms with Gasteiger partial charge in [0.15, 0.2) is 0 Å². The van der Waals surface area contributed by atoms with Gasteiger partial charge in [0.05, 0.1) is 10.5 Å². The average molecular weight is 395 g/mol. The molecule has 0 spiro atoms. The van der Waals surface area contributed by atoms with Crippen LogP contribution in [-0.4, -0.2) is 64.9 Å². The molecule has 0 bridgehead atoms. The van der Waals surface area contributed by atoms with E-state index in [1.165, 1.54) is 30.9 Å². The van der Waals surface area contributed by atoms with Crippen LogP contribution in [0.1, 0.15) is 42.5 Å². The second-order valence-electron chi connectivity index (χ2n) is 7.53. The molecule has 2 fully saturated rings. The van der Waals surface area contributed by atoms with Gasteiger partial charge in [-0.25, -0.2) is 12.7 Å². The fraction of sp³-hybridized carbons (Fsp3) is 0.632. The highest BCUT2D eigenvalue weighted by atomic mass is 32.2. The Bertz CT molecular complexity index is 767. The lowest BCUT2D eigenvalue weighted by Gasteiger charge is -2.31. The smallest absolute Gasteiger partial charge is 0.253 e. The number of anilines is 1. The van der Waals surface area contributed by atoms with Crippen molar-refractivity contribution in [2.75, 3.05) is 45.2 Å². The van der Waals surface area contributed by atoms with E-state index in [-0.39, 0.29) is 16.8 Å². The number of carbonyl (C=O) groups excluding carboxylic acids is 1. The zero-order chi connectivity index (χ0) is 19.4. The number of nitrogens with zero attached hydrogens (tertiary/aromatic N) is 2. The van der Waals surface area contributed by atoms with Gasteiger partial charge in [-0.05, 0) is 56.8 Å². The van der Waals surface area contributed by atoms with E-state index in [2.05, 4.69) is 15.5 Å². The second-order valence-corrected chi connectivity index (χ2v) is 9.68. The normalized spacial score (nSPS) is 21.3. The fourth-order valence-electron chi connectivity index (χ4n) is 3.72. The Morgan fingerprint density at radius 2 is 1.93 bits per heavy atom. The molecule has 1 aromatic carbocycles. The SMILES string of the molecule is CN(C)S(=O)(=O)c1ccc(N2CCCCC2)c(C(=O)NC2CCCNC2)c1. The molecule has 0 radical (unpaired) electrons. The standard InChI is InChI=1S/C19H30N4O3S/c1-22(2)27(25,26)16-8-9-18(23-11-4-3-5-12-23)17(13-16)19(24)21-15-7-6-10-20-14-15/h8-9,13,15,20H,3-7,10-12,14H2,1-2H3,(H,21,24). The number of rotatable bonds is 5. The summed E-state index contributed by atoms with van der Waals surface area (Å²) in [6.07, 6.45) is 5.34. The maximum Gasteiger partial charge on any atom is 0.253 e. The van der Waals surface area contributed by atoms with Crippen molar-refractivity contribution in [1.29, 1.82) is 0 Å². The summed E-state index contributed by atoms with van der Waals surface area (Å²) in [4.78, 5) is 15.4. The number of benzene rings is 1. The topological polar surface area (TPSA) is 81.8 Å². The molecule has 150 valence electrons. The van der Waals surface area contributed by atoms with Gasteiger partial charge in [0, 0.05) is 45.5 Å². The summed E-state index contributed by atoms with van der Waals surface area (Å²) in [5.41, 5.74) is 1.28. The number of nitrogens with one attached hydrogen (secondary N) is 2. The van der Waals surface area contributed by atoms with Crippen molar-refractivity contribution in [3.8, 4) is 0 Å². The van der Waals surface area contributed by atoms with E-state index in [4.69, 9.17) is 0 Å². The van der Waals surface area contributed by atoms with Crippen molar-refractivity contribution in [2.24, 2.45) is 0 Å². The van der Waals surface area contributed by atoms with Crippen LogP contribution in [0.5, 0.6) is 0 Å². The van der Waals surface area contributed by atoms with Crippen molar-refractivity contribution in [3.63, 3.8) is 0 Å². The molecule has 0 aromatic heterocycles. The van der Waals surface area contributed by atoms with Crippen LogP contribution in [0.2, 0.25) is 0 Å². The van der Waals surface area contributed by atoms with Crippen LogP contribution >= 0.6 is 0 Å². The molecule has 1 amide bonds. The number of carbonyl (C=O) groups is 1. The van der Waals surface area contributed by atoms with Crippen LogP contribution in [0.4, 0.5) is 5.69 Å². The quantitative estimate of drug-likeness (QED) is 0.789. The zero-order valence-corrected chi connectivity index (χ0v) is 17.0. The number of hydrogen-bond donors (Lipinski definition) is 2. The molecule has 2 heterocycles. The van der Waals surface area contributed by atoms with Gasteiger partial charge in [-0.3, -0.25) is 4.79 Å². The van der Waals surface area contributed by atoms with E-state index in [1.54, 1.807) is 12.1 Å². The molecule has 7 nitrogen and oxygen atoms in total. The van der Waals surface area contributed by atoms with Gasteiger partial charge in [0.2, 0.25) is 10.0 Å². The molecule has 2 aliphatic heterocycles. The summed E-state index contributed by atoms with van der Waals surface area (Å²) in [5, 5.41) is 6.38. The molecule has 2 N–H and O–H groups in total. The molecule has 1 unspecified atom stereocenters. The minimum atomic E-state index is -3.59. The summed E-state index contributed by atoms with van der Waals surface area (Å²) >= 11 is 0. The summed E-state index contributed by atoms with van der Waals surface area (Å²) < 4.78 is 26.3. The van der Waals surface area contributed by atoms with Crippen molar-refractivity contribution < 1.29 is 13.2 Å². The fourth-order valence-corrected chi connectivity index (χ4v) is 4.65. The summed E-state index contributed by atoms with van der Waals surface area (Å²) in [6, 6.07) is 5.01. The van der Waals surface area contributed by atoms with E-state index in [1.807, 2.05) is 0 Å². The Morgan fingerprint density at radius 3 is 2.56 bits per heavy atom. The highest BCUT2D eigenvalue weighted by molar-refractivity contribution is 7.89. The van der Waals surface area contributed by atoms with E-state index >= 15 is 0 Å². The van der Waals surface area contributed by atoms with Crippen LogP contribution in [0.25, 0.3) is 0 Å². The van der Waals surface area contributed by atoms with Crippen molar-refractivity contribution in [2.45, 2.75) is 43.0 Å². The Hall–Kier alpha value is -1.64. The molecule has 3 rings (SSSR count). The van der Waals surface area contributed by atoms with Gasteiger partial charge in [0.25, 0.3) is 5.91 Å². The van der Waals surface area contributed by atoms with Crippen molar-refractivity contribution >= 4 is 21.6 Å². The predicted molar refractivity (Wildman–Crippen MR) is 107 cm³/mol. The number of piperidine rings is 2. The highest BCUT2D eigenvalue weighted by Crippen LogP contribution is 2.28. The zero-order valence-electron chi connectivity index (χ0n) is 16.2. The lowest BCUT2D eigenvalue weighted by atomic mass is 10.0. The molecular weight excluding hydrogens is 364 g/mol. The molecule has 8 heteroatoms. The lowest BCUT2D eigenvalue weighted by molar-refractivity contribution is 0.0931. The van der Waals surface area contributed by atoms with E-state index in [0.29, 0.717) is 5.56 Å². The van der Waals surface area contributed by atoms with Gasteiger partial charge in [-0.1, -0.05) is 0 Å². The van der Waals surface area contributed by atoms with Crippen molar-refractivity contribution in [3.05, 3.63) is 23.8 Å². The molecule has 2 saturated heterocycles. The minimum absolute atomic E-state index is 0.0783. The Labute approximate surface area is 162 Å². The number of amides is 1. The van der Waals surface area contributed by atoms with E-state index < -0.39 is 10.0 Å². The first-order chi connectivity index (χ1) is 12.9. The van der Waals surface area contributed by atoms with Gasteiger partial charge >= 0.3 is 0 Å². The first-order valence-corrected chi connectivity index (χ1v) is 11.2. The van der Waals surface area contributed by atoms with Crippen LogP contribution in [0.3, 0.4) is 0 Å². The largest absolute Gasteiger partial charge is 0.371 e. The Balaban J connectivity index is 1.94. The monoisotopic (exact) mass is 394 g/mol. The number of sulfonamides is 1. The van der Waals surface area contributed by atoms with Gasteiger partial charge < -0.3 is 15.5 Å². The van der Waals surface area contributed by atoms with Gasteiger partial charge in [0.1, 0.15) is 0 Å². The number of hydrogen-bond acceptors (Lipinski definition) is 5. The maximum atomic E-state index is 13.1. The van der Waals surface area contributed by atoms with Gasteiger partial charge in [-0.15, -0.1) is 0 Å². The second kappa shape index (κ2) is 8.58. The van der Waals surface area contributed by atoms with Crippen molar-refractivity contribution in [1.82, 2.24) is 14.9 Å². The maximum absolute atomic E-state index is 13.1. The van der Waals surface area contributed by atoms with Crippen LogP contribution < -0.4 is 15.5 Å². The molecule has 0 aliphatic carbocycles. The summed E-state index contributed by atoms with van der Waals surface area (Å²) in [6.45, 7) is 3.51. The molecule has 2 aliphatic rings. The lowest BCUT2D eigenvalue weighted by Crippen LogP contribution is -2.46. The Kier molecular flexibility index (Phi) is 6.39. The Morgan fingerprint density at radius 1 is 1.19 bits per heavy atom. The molecule has 0 saturated carbocycles. The first-order valence-electron chi connectivity index (χ1n) is 9.72. The third-order valence-electron chi connectivity index (χ3n) is 5.32. The van der Waals surface area contributed by atoms with E-state index in [9.17, 15) is 13.2 Å². The van der Waals surface area contributed by atoms with Crippen LogP contribution in [-0.2, 0) is 10.0 Å². The van der Waals surface area contributed by atoms with Crippen LogP contribution in [0.15, 0.2) is 23.1 Å². The summed E-state index contributed by atoms with van der Waals surface area (Å²) in [7, 11) is -0.588. The minimum Gasteiger partial charge on any atom is -0.371 e. The molecule has 27 heavy (non-hydrogen) atoms. The van der Waals surface area contributed by atoms with Gasteiger partial charge in [-0.2, -0.15) is 0 Å². The third-order valence-corrected chi connectivity index (χ3v) is 7.13. The predicted octanol–water partition coefficient (Wildman–Crippen LogP) is 1.41. The first kappa shape index (κ1) is 20.1. The molecule has 1 aromatic rings. The third kappa shape index (κ3) is 4.62. The average Bonchev–Trinajstić information content (AvgIpc) is 2.68. The molecule has 1 atom stereocenters. The molecular formula is C19H30N4O3S. The summed E-state index contributed by atoms with van der Waals surface area (Å²) in [5.74, 6) is -0.194.